The van der Waals surface area contributed by atoms with E-state index >= 15 is 0 Å². The predicted octanol–water partition coefficient (Wildman–Crippen LogP) is 2.66. The van der Waals surface area contributed by atoms with E-state index in [1.165, 1.54) is 0 Å². The van der Waals surface area contributed by atoms with Crippen molar-refractivity contribution in [3.8, 4) is 0 Å². The molecule has 1 atom stereocenters. The van der Waals surface area contributed by atoms with Crippen LogP contribution in [0.3, 0.4) is 0 Å². The van der Waals surface area contributed by atoms with Crippen LogP contribution in [-0.2, 0) is 4.79 Å². The summed E-state index contributed by atoms with van der Waals surface area (Å²) in [4.78, 5) is 27.7. The number of amides is 2. The summed E-state index contributed by atoms with van der Waals surface area (Å²) < 4.78 is 0. The van der Waals surface area contributed by atoms with Crippen LogP contribution in [0.1, 0.15) is 46.5 Å². The molecule has 0 aliphatic carbocycles. The fourth-order valence-corrected chi connectivity index (χ4v) is 3.61. The monoisotopic (exact) mass is 296 g/mol. The van der Waals surface area contributed by atoms with Crippen molar-refractivity contribution in [3.63, 3.8) is 0 Å². The van der Waals surface area contributed by atoms with E-state index in [1.54, 1.807) is 4.90 Å². The zero-order valence-electron chi connectivity index (χ0n) is 13.5. The second kappa shape index (κ2) is 6.24. The van der Waals surface area contributed by atoms with Gasteiger partial charge in [0.15, 0.2) is 0 Å². The van der Waals surface area contributed by atoms with Crippen molar-refractivity contribution in [2.75, 3.05) is 26.2 Å². The number of carbonyl (C=O) groups is 2. The Morgan fingerprint density at radius 1 is 1.19 bits per heavy atom. The number of urea groups is 1. The molecule has 2 heterocycles. The van der Waals surface area contributed by atoms with Gasteiger partial charge in [-0.25, -0.2) is 4.79 Å². The number of rotatable bonds is 3. The number of carbonyl (C=O) groups excluding carboxylic acids is 1. The summed E-state index contributed by atoms with van der Waals surface area (Å²) in [6, 6.07) is 0.0359. The second-order valence-electron chi connectivity index (χ2n) is 6.96. The highest BCUT2D eigenvalue weighted by Crippen LogP contribution is 2.35. The van der Waals surface area contributed by atoms with Crippen molar-refractivity contribution in [1.82, 2.24) is 9.80 Å². The Balaban J connectivity index is 1.92. The van der Waals surface area contributed by atoms with Gasteiger partial charge in [-0.05, 0) is 37.5 Å². The maximum Gasteiger partial charge on any atom is 0.320 e. The minimum atomic E-state index is -0.765. The van der Waals surface area contributed by atoms with E-state index in [2.05, 4.69) is 13.8 Å². The normalized spacial score (nSPS) is 27.4. The van der Waals surface area contributed by atoms with Crippen LogP contribution in [0.25, 0.3) is 0 Å². The Kier molecular flexibility index (Phi) is 4.79. The molecule has 5 nitrogen and oxygen atoms in total. The van der Waals surface area contributed by atoms with E-state index in [0.717, 1.165) is 25.9 Å². The molecule has 0 spiro atoms. The lowest BCUT2D eigenvalue weighted by atomic mass is 9.84. The first-order valence-corrected chi connectivity index (χ1v) is 8.17. The zero-order chi connectivity index (χ0) is 15.6. The van der Waals surface area contributed by atoms with E-state index in [-0.39, 0.29) is 6.03 Å². The van der Waals surface area contributed by atoms with Crippen LogP contribution in [0.4, 0.5) is 4.79 Å². The lowest BCUT2D eigenvalue weighted by Gasteiger charge is -2.36. The Labute approximate surface area is 127 Å². The summed E-state index contributed by atoms with van der Waals surface area (Å²) in [6.07, 6.45) is 3.29. The number of aliphatic carboxylic acids is 1. The van der Waals surface area contributed by atoms with Gasteiger partial charge in [-0.3, -0.25) is 4.79 Å². The molecule has 0 radical (unpaired) electrons. The van der Waals surface area contributed by atoms with Crippen LogP contribution in [-0.4, -0.2) is 53.1 Å². The Morgan fingerprint density at radius 2 is 1.81 bits per heavy atom. The van der Waals surface area contributed by atoms with Crippen LogP contribution in [0, 0.1) is 17.3 Å². The molecule has 0 aromatic rings. The lowest BCUT2D eigenvalue weighted by Crippen LogP contribution is -2.47. The Morgan fingerprint density at radius 3 is 2.24 bits per heavy atom. The number of hydrogen-bond acceptors (Lipinski definition) is 2. The fourth-order valence-electron chi connectivity index (χ4n) is 3.61. The summed E-state index contributed by atoms with van der Waals surface area (Å²) in [7, 11) is 0. The smallest absolute Gasteiger partial charge is 0.320 e. The third kappa shape index (κ3) is 3.16. The quantitative estimate of drug-likeness (QED) is 0.871. The molecule has 21 heavy (non-hydrogen) atoms. The molecular formula is C16H28N2O3. The summed E-state index contributed by atoms with van der Waals surface area (Å²) in [5.41, 5.74) is -0.730. The third-order valence-corrected chi connectivity index (χ3v) is 5.51. The van der Waals surface area contributed by atoms with E-state index in [4.69, 9.17) is 0 Å². The molecule has 2 rings (SSSR count). The van der Waals surface area contributed by atoms with Gasteiger partial charge in [0.2, 0.25) is 0 Å². The van der Waals surface area contributed by atoms with Gasteiger partial charge in [0.1, 0.15) is 0 Å². The summed E-state index contributed by atoms with van der Waals surface area (Å²) in [6.45, 7) is 8.94. The molecule has 5 heteroatoms. The van der Waals surface area contributed by atoms with Crippen molar-refractivity contribution in [1.29, 1.82) is 0 Å². The van der Waals surface area contributed by atoms with E-state index in [0.29, 0.717) is 37.8 Å². The highest BCUT2D eigenvalue weighted by molar-refractivity contribution is 5.79. The van der Waals surface area contributed by atoms with Crippen LogP contribution >= 0.6 is 0 Å². The molecular weight excluding hydrogens is 268 g/mol. The molecule has 0 saturated carbocycles. The van der Waals surface area contributed by atoms with E-state index < -0.39 is 11.4 Å². The number of likely N-dealkylation sites (tertiary alicyclic amines) is 2. The molecule has 1 unspecified atom stereocenters. The zero-order valence-corrected chi connectivity index (χ0v) is 13.5. The number of nitrogens with zero attached hydrogens (tertiary/aromatic N) is 2. The standard InChI is InChI=1S/C16H28N2O3/c1-4-16(14(19)20)7-10-18(11-16)15(21)17-8-5-13(6-9-17)12(2)3/h12-13H,4-11H2,1-3H3,(H,19,20). The molecule has 2 aliphatic rings. The lowest BCUT2D eigenvalue weighted by molar-refractivity contribution is -0.148. The largest absolute Gasteiger partial charge is 0.481 e. The number of carboxylic acid groups (broad SMARTS) is 1. The van der Waals surface area contributed by atoms with Crippen LogP contribution in [0.2, 0.25) is 0 Å². The predicted molar refractivity (Wildman–Crippen MR) is 81.1 cm³/mol. The average Bonchev–Trinajstić information content (AvgIpc) is 2.92. The molecule has 0 aromatic heterocycles. The molecule has 1 N–H and O–H groups in total. The molecule has 2 amide bonds. The van der Waals surface area contributed by atoms with Gasteiger partial charge in [0, 0.05) is 26.2 Å². The maximum absolute atomic E-state index is 12.6. The molecule has 0 bridgehead atoms. The van der Waals surface area contributed by atoms with Gasteiger partial charge in [-0.1, -0.05) is 20.8 Å². The number of piperidine rings is 1. The molecule has 2 fully saturated rings. The van der Waals surface area contributed by atoms with Crippen molar-refractivity contribution in [3.05, 3.63) is 0 Å². The van der Waals surface area contributed by atoms with Gasteiger partial charge in [0.25, 0.3) is 0 Å². The molecule has 2 aliphatic heterocycles. The minimum absolute atomic E-state index is 0.0359. The first-order chi connectivity index (χ1) is 9.89. The SMILES string of the molecule is CCC1(C(=O)O)CCN(C(=O)N2CCC(C(C)C)CC2)C1. The van der Waals surface area contributed by atoms with Crippen LogP contribution < -0.4 is 0 Å². The van der Waals surface area contributed by atoms with Crippen molar-refractivity contribution < 1.29 is 14.7 Å². The Hall–Kier alpha value is -1.26. The first-order valence-electron chi connectivity index (χ1n) is 8.17. The van der Waals surface area contributed by atoms with E-state index in [1.807, 2.05) is 11.8 Å². The second-order valence-corrected chi connectivity index (χ2v) is 6.96. The van der Waals surface area contributed by atoms with Gasteiger partial charge >= 0.3 is 12.0 Å². The fraction of sp³-hybridized carbons (Fsp3) is 0.875. The summed E-state index contributed by atoms with van der Waals surface area (Å²) in [5, 5.41) is 9.42. The van der Waals surface area contributed by atoms with Gasteiger partial charge < -0.3 is 14.9 Å². The van der Waals surface area contributed by atoms with Crippen molar-refractivity contribution >= 4 is 12.0 Å². The number of carboxylic acids is 1. The van der Waals surface area contributed by atoms with Gasteiger partial charge in [0.05, 0.1) is 5.41 Å². The average molecular weight is 296 g/mol. The Bertz CT molecular complexity index is 402. The maximum atomic E-state index is 12.6. The molecule has 0 aromatic carbocycles. The minimum Gasteiger partial charge on any atom is -0.481 e. The first kappa shape index (κ1) is 16.1. The van der Waals surface area contributed by atoms with Gasteiger partial charge in [-0.2, -0.15) is 0 Å². The van der Waals surface area contributed by atoms with Crippen molar-refractivity contribution in [2.45, 2.75) is 46.5 Å². The van der Waals surface area contributed by atoms with E-state index in [9.17, 15) is 14.7 Å². The van der Waals surface area contributed by atoms with Gasteiger partial charge in [-0.15, -0.1) is 0 Å². The molecule has 2 saturated heterocycles. The molecule has 120 valence electrons. The number of hydrogen-bond donors (Lipinski definition) is 1. The highest BCUT2D eigenvalue weighted by atomic mass is 16.4. The van der Waals surface area contributed by atoms with Crippen LogP contribution in [0.15, 0.2) is 0 Å². The van der Waals surface area contributed by atoms with Crippen molar-refractivity contribution in [2.24, 2.45) is 17.3 Å². The summed E-state index contributed by atoms with van der Waals surface area (Å²) in [5.74, 6) is 0.619. The third-order valence-electron chi connectivity index (χ3n) is 5.51. The van der Waals surface area contributed by atoms with Crippen LogP contribution in [0.5, 0.6) is 0 Å². The highest BCUT2D eigenvalue weighted by Gasteiger charge is 2.45. The topological polar surface area (TPSA) is 60.9 Å². The summed E-state index contributed by atoms with van der Waals surface area (Å²) >= 11 is 0.